The molecule has 0 radical (unpaired) electrons. The maximum Gasteiger partial charge on any atom is 0.356 e. The molecule has 156 valence electrons. The van der Waals surface area contributed by atoms with Crippen molar-refractivity contribution in [1.82, 2.24) is 4.73 Å². The van der Waals surface area contributed by atoms with Gasteiger partial charge in [-0.3, -0.25) is 4.79 Å². The normalized spacial score (nSPS) is 10.9. The highest BCUT2D eigenvalue weighted by Crippen LogP contribution is 2.29. The van der Waals surface area contributed by atoms with Crippen molar-refractivity contribution in [3.05, 3.63) is 94.4 Å². The van der Waals surface area contributed by atoms with Gasteiger partial charge in [0.25, 0.3) is 0 Å². The van der Waals surface area contributed by atoms with E-state index in [1.165, 1.54) is 41.1 Å². The molecule has 1 aromatic heterocycles. The van der Waals surface area contributed by atoms with Crippen LogP contribution in [0.2, 0.25) is 0 Å². The number of carbonyl (C=O) groups excluding carboxylic acids is 1. The van der Waals surface area contributed by atoms with E-state index >= 15 is 0 Å². The van der Waals surface area contributed by atoms with Gasteiger partial charge in [0.2, 0.25) is 0 Å². The van der Waals surface area contributed by atoms with Crippen LogP contribution in [0.15, 0.2) is 60.7 Å². The predicted octanol–water partition coefficient (Wildman–Crippen LogP) is 4.87. The number of phenolic OH excluding ortho intramolecular Hbond substituents is 1. The zero-order valence-corrected chi connectivity index (χ0v) is 16.7. The summed E-state index contributed by atoms with van der Waals surface area (Å²) in [6.45, 7) is 3.77. The van der Waals surface area contributed by atoms with Crippen LogP contribution in [-0.2, 0) is 0 Å². The molecule has 0 unspecified atom stereocenters. The Morgan fingerprint density at radius 3 is 2.35 bits per heavy atom. The molecule has 3 aromatic carbocycles. The maximum absolute atomic E-state index is 13.2. The SMILES string of the molecule is Cc1cc(C)c2cc(C(=O)O)n(Oc3ccc(O)c(C(=O)c4ccc(F)cc4)c3)c2c1. The molecule has 0 atom stereocenters. The van der Waals surface area contributed by atoms with Crippen LogP contribution in [0.4, 0.5) is 4.39 Å². The van der Waals surface area contributed by atoms with E-state index in [9.17, 15) is 24.2 Å². The van der Waals surface area contributed by atoms with Crippen molar-refractivity contribution < 1.29 is 29.0 Å². The highest BCUT2D eigenvalue weighted by atomic mass is 19.1. The largest absolute Gasteiger partial charge is 0.507 e. The quantitative estimate of drug-likeness (QED) is 0.451. The number of aromatic hydroxyl groups is 1. The lowest BCUT2D eigenvalue weighted by Crippen LogP contribution is -2.13. The van der Waals surface area contributed by atoms with Crippen LogP contribution >= 0.6 is 0 Å². The molecule has 0 bridgehead atoms. The Kier molecular flexibility index (Phi) is 4.94. The number of aromatic carboxylic acids is 1. The van der Waals surface area contributed by atoms with Crippen molar-refractivity contribution in [3.63, 3.8) is 0 Å². The van der Waals surface area contributed by atoms with Gasteiger partial charge in [0, 0.05) is 10.9 Å². The summed E-state index contributed by atoms with van der Waals surface area (Å²) < 4.78 is 14.4. The fraction of sp³-hybridized carbons (Fsp3) is 0.0833. The number of aromatic nitrogens is 1. The standard InChI is InChI=1S/C24H18FNO5/c1-13-9-14(2)18-12-21(24(29)30)26(20(18)10-13)31-17-7-8-22(27)19(11-17)23(28)15-3-5-16(25)6-4-15/h3-12,27H,1-2H3,(H,29,30). The van der Waals surface area contributed by atoms with Gasteiger partial charge in [0.15, 0.2) is 17.2 Å². The Labute approximate surface area is 176 Å². The summed E-state index contributed by atoms with van der Waals surface area (Å²) in [7, 11) is 0. The molecule has 0 fully saturated rings. The Hall–Kier alpha value is -4.13. The third-order valence-corrected chi connectivity index (χ3v) is 4.96. The van der Waals surface area contributed by atoms with Crippen molar-refractivity contribution in [2.45, 2.75) is 13.8 Å². The van der Waals surface area contributed by atoms with Crippen LogP contribution in [0.3, 0.4) is 0 Å². The second-order valence-corrected chi connectivity index (χ2v) is 7.25. The number of benzene rings is 3. The lowest BCUT2D eigenvalue weighted by molar-refractivity contribution is 0.0658. The summed E-state index contributed by atoms with van der Waals surface area (Å²) in [6.07, 6.45) is 0. The van der Waals surface area contributed by atoms with Gasteiger partial charge in [-0.15, -0.1) is 0 Å². The first-order chi connectivity index (χ1) is 14.7. The minimum Gasteiger partial charge on any atom is -0.507 e. The zero-order valence-electron chi connectivity index (χ0n) is 16.7. The van der Waals surface area contributed by atoms with E-state index in [0.29, 0.717) is 5.52 Å². The molecule has 0 aliphatic carbocycles. The number of aryl methyl sites for hydroxylation is 2. The number of rotatable bonds is 5. The summed E-state index contributed by atoms with van der Waals surface area (Å²) in [4.78, 5) is 30.4. The number of fused-ring (bicyclic) bond motifs is 1. The Bertz CT molecular complexity index is 1340. The van der Waals surface area contributed by atoms with E-state index in [4.69, 9.17) is 4.84 Å². The number of nitrogens with zero attached hydrogens (tertiary/aromatic N) is 1. The van der Waals surface area contributed by atoms with Gasteiger partial charge in [-0.2, -0.15) is 4.73 Å². The van der Waals surface area contributed by atoms with Gasteiger partial charge in [0.05, 0.1) is 11.1 Å². The summed E-state index contributed by atoms with van der Waals surface area (Å²) in [6, 6.07) is 14.2. The lowest BCUT2D eigenvalue weighted by Gasteiger charge is -2.12. The molecule has 2 N–H and O–H groups in total. The highest BCUT2D eigenvalue weighted by Gasteiger charge is 2.20. The van der Waals surface area contributed by atoms with E-state index in [1.807, 2.05) is 19.9 Å². The van der Waals surface area contributed by atoms with Crippen LogP contribution in [0.1, 0.15) is 37.5 Å². The molecule has 0 aliphatic rings. The molecule has 0 saturated heterocycles. The molecule has 31 heavy (non-hydrogen) atoms. The topological polar surface area (TPSA) is 88.8 Å². The first-order valence-corrected chi connectivity index (χ1v) is 9.42. The Balaban J connectivity index is 1.79. The monoisotopic (exact) mass is 419 g/mol. The average molecular weight is 419 g/mol. The highest BCUT2D eigenvalue weighted by molar-refractivity contribution is 6.10. The minimum absolute atomic E-state index is 0.0511. The number of carboxylic acid groups (broad SMARTS) is 1. The molecule has 0 spiro atoms. The van der Waals surface area contributed by atoms with Gasteiger partial charge in [-0.05, 0) is 79.6 Å². The minimum atomic E-state index is -1.17. The van der Waals surface area contributed by atoms with Crippen LogP contribution in [0.25, 0.3) is 10.9 Å². The fourth-order valence-corrected chi connectivity index (χ4v) is 3.50. The van der Waals surface area contributed by atoms with Gasteiger partial charge < -0.3 is 15.1 Å². The van der Waals surface area contributed by atoms with E-state index in [1.54, 1.807) is 6.07 Å². The molecule has 6 nitrogen and oxygen atoms in total. The number of hydrogen-bond acceptors (Lipinski definition) is 4. The number of carbonyl (C=O) groups is 2. The van der Waals surface area contributed by atoms with Crippen LogP contribution in [0.5, 0.6) is 11.5 Å². The fourth-order valence-electron chi connectivity index (χ4n) is 3.50. The van der Waals surface area contributed by atoms with E-state index in [-0.39, 0.29) is 28.3 Å². The molecule has 7 heteroatoms. The molecular weight excluding hydrogens is 401 g/mol. The summed E-state index contributed by atoms with van der Waals surface area (Å²) >= 11 is 0. The van der Waals surface area contributed by atoms with Crippen molar-refractivity contribution >= 4 is 22.7 Å². The van der Waals surface area contributed by atoms with Gasteiger partial charge >= 0.3 is 5.97 Å². The lowest BCUT2D eigenvalue weighted by atomic mass is 10.0. The second kappa shape index (κ2) is 7.60. The first-order valence-electron chi connectivity index (χ1n) is 9.42. The molecule has 0 saturated carbocycles. The number of carboxylic acids is 1. The molecule has 4 aromatic rings. The predicted molar refractivity (Wildman–Crippen MR) is 112 cm³/mol. The number of hydrogen-bond donors (Lipinski definition) is 2. The summed E-state index contributed by atoms with van der Waals surface area (Å²) in [5, 5.41) is 20.5. The molecule has 4 rings (SSSR count). The van der Waals surface area contributed by atoms with Crippen molar-refractivity contribution in [3.8, 4) is 11.5 Å². The third-order valence-electron chi connectivity index (χ3n) is 4.96. The van der Waals surface area contributed by atoms with Crippen molar-refractivity contribution in [2.24, 2.45) is 0 Å². The third kappa shape index (κ3) is 3.73. The molecule has 0 amide bonds. The smallest absolute Gasteiger partial charge is 0.356 e. The Morgan fingerprint density at radius 1 is 0.968 bits per heavy atom. The van der Waals surface area contributed by atoms with E-state index in [0.717, 1.165) is 28.6 Å². The van der Waals surface area contributed by atoms with Gasteiger partial charge in [-0.1, -0.05) is 6.07 Å². The van der Waals surface area contributed by atoms with Crippen LogP contribution in [0, 0.1) is 19.7 Å². The zero-order chi connectivity index (χ0) is 22.3. The molecular formula is C24H18FNO5. The summed E-state index contributed by atoms with van der Waals surface area (Å²) in [5.41, 5.74) is 2.46. The first kappa shape index (κ1) is 20.2. The number of ketones is 1. The number of phenols is 1. The van der Waals surface area contributed by atoms with E-state index in [2.05, 4.69) is 0 Å². The van der Waals surface area contributed by atoms with Crippen molar-refractivity contribution in [2.75, 3.05) is 0 Å². The summed E-state index contributed by atoms with van der Waals surface area (Å²) in [5.74, 6) is -2.30. The average Bonchev–Trinajstić information content (AvgIpc) is 3.08. The van der Waals surface area contributed by atoms with Gasteiger partial charge in [-0.25, -0.2) is 9.18 Å². The second-order valence-electron chi connectivity index (χ2n) is 7.25. The number of halogens is 1. The molecule has 0 aliphatic heterocycles. The van der Waals surface area contributed by atoms with Gasteiger partial charge in [0.1, 0.15) is 11.6 Å². The van der Waals surface area contributed by atoms with Crippen molar-refractivity contribution in [1.29, 1.82) is 0 Å². The van der Waals surface area contributed by atoms with E-state index < -0.39 is 17.6 Å². The Morgan fingerprint density at radius 2 is 1.68 bits per heavy atom. The van der Waals surface area contributed by atoms with Crippen LogP contribution in [-0.4, -0.2) is 26.7 Å². The molecule has 1 heterocycles. The van der Waals surface area contributed by atoms with Crippen LogP contribution < -0.4 is 4.84 Å². The maximum atomic E-state index is 13.2.